The summed E-state index contributed by atoms with van der Waals surface area (Å²) in [6, 6.07) is 18.9. The fourth-order valence-corrected chi connectivity index (χ4v) is 2.24. The summed E-state index contributed by atoms with van der Waals surface area (Å²) in [5, 5.41) is 0. The summed E-state index contributed by atoms with van der Waals surface area (Å²) >= 11 is 0. The molecule has 2 rings (SSSR count). The van der Waals surface area contributed by atoms with Crippen molar-refractivity contribution in [3.8, 4) is 0 Å². The van der Waals surface area contributed by atoms with Crippen LogP contribution in [0.1, 0.15) is 19.4 Å². The molecule has 20 heavy (non-hydrogen) atoms. The molecule has 0 spiro atoms. The van der Waals surface area contributed by atoms with E-state index in [9.17, 15) is 0 Å². The molecule has 104 valence electrons. The SMILES string of the molecule is CCc1cccc(B(OC(C)CN)c2ccccc2)c1. The van der Waals surface area contributed by atoms with Crippen LogP contribution in [0, 0.1) is 0 Å². The van der Waals surface area contributed by atoms with Gasteiger partial charge in [-0.05, 0) is 29.8 Å². The zero-order valence-electron chi connectivity index (χ0n) is 12.3. The molecule has 0 amide bonds. The monoisotopic (exact) mass is 267 g/mol. The van der Waals surface area contributed by atoms with E-state index < -0.39 is 0 Å². The molecule has 2 aromatic rings. The van der Waals surface area contributed by atoms with Crippen LogP contribution in [0.25, 0.3) is 0 Å². The van der Waals surface area contributed by atoms with Gasteiger partial charge in [-0.1, -0.05) is 61.5 Å². The molecular formula is C17H22BNO. The summed E-state index contributed by atoms with van der Waals surface area (Å²) < 4.78 is 6.15. The van der Waals surface area contributed by atoms with E-state index in [0.29, 0.717) is 6.54 Å². The fraction of sp³-hybridized carbons (Fsp3) is 0.294. The van der Waals surface area contributed by atoms with Crippen LogP contribution >= 0.6 is 0 Å². The average molecular weight is 267 g/mol. The number of nitrogens with two attached hydrogens (primary N) is 1. The lowest BCUT2D eigenvalue weighted by Gasteiger charge is -2.20. The molecule has 0 bridgehead atoms. The molecule has 0 saturated heterocycles. The lowest BCUT2D eigenvalue weighted by atomic mass is 9.55. The summed E-state index contributed by atoms with van der Waals surface area (Å²) in [5.41, 5.74) is 9.39. The molecule has 2 nitrogen and oxygen atoms in total. The fourth-order valence-electron chi connectivity index (χ4n) is 2.24. The predicted octanol–water partition coefficient (Wildman–Crippen LogP) is 1.72. The first kappa shape index (κ1) is 14.8. The third kappa shape index (κ3) is 3.72. The van der Waals surface area contributed by atoms with Gasteiger partial charge in [0, 0.05) is 6.54 Å². The van der Waals surface area contributed by atoms with E-state index >= 15 is 0 Å². The predicted molar refractivity (Wildman–Crippen MR) is 86.9 cm³/mol. The van der Waals surface area contributed by atoms with Crippen LogP contribution in [0.5, 0.6) is 0 Å². The molecule has 0 aliphatic carbocycles. The summed E-state index contributed by atoms with van der Waals surface area (Å²) in [6.45, 7) is 4.65. The van der Waals surface area contributed by atoms with Crippen molar-refractivity contribution in [2.45, 2.75) is 26.4 Å². The minimum absolute atomic E-state index is 0.0329. The number of benzene rings is 2. The van der Waals surface area contributed by atoms with Gasteiger partial charge in [0.05, 0.1) is 6.10 Å². The molecule has 1 atom stereocenters. The molecule has 0 saturated carbocycles. The molecule has 0 fully saturated rings. The second-order valence-corrected chi connectivity index (χ2v) is 5.07. The third-order valence-corrected chi connectivity index (χ3v) is 3.46. The lowest BCUT2D eigenvalue weighted by Crippen LogP contribution is -2.48. The van der Waals surface area contributed by atoms with Gasteiger partial charge in [-0.3, -0.25) is 0 Å². The highest BCUT2D eigenvalue weighted by Crippen LogP contribution is 2.02. The van der Waals surface area contributed by atoms with Crippen LogP contribution < -0.4 is 16.7 Å². The van der Waals surface area contributed by atoms with Gasteiger partial charge in [0.2, 0.25) is 0 Å². The van der Waals surface area contributed by atoms with Gasteiger partial charge in [0.1, 0.15) is 0 Å². The largest absolute Gasteiger partial charge is 0.423 e. The van der Waals surface area contributed by atoms with E-state index in [1.165, 1.54) is 16.5 Å². The van der Waals surface area contributed by atoms with Crippen LogP contribution in [0.15, 0.2) is 54.6 Å². The Morgan fingerprint density at radius 1 is 1.05 bits per heavy atom. The van der Waals surface area contributed by atoms with Crippen molar-refractivity contribution in [2.24, 2.45) is 5.73 Å². The summed E-state index contributed by atoms with van der Waals surface area (Å²) in [4.78, 5) is 0. The first-order valence-electron chi connectivity index (χ1n) is 7.24. The van der Waals surface area contributed by atoms with Crippen molar-refractivity contribution in [2.75, 3.05) is 6.54 Å². The van der Waals surface area contributed by atoms with Crippen molar-refractivity contribution in [3.05, 3.63) is 60.2 Å². The Labute approximate surface area is 122 Å². The Hall–Kier alpha value is -1.58. The van der Waals surface area contributed by atoms with Crippen LogP contribution in [-0.4, -0.2) is 19.6 Å². The zero-order valence-corrected chi connectivity index (χ0v) is 12.3. The minimum Gasteiger partial charge on any atom is -0.423 e. The van der Waals surface area contributed by atoms with Gasteiger partial charge < -0.3 is 10.4 Å². The normalized spacial score (nSPS) is 12.2. The van der Waals surface area contributed by atoms with Gasteiger partial charge in [-0.25, -0.2) is 0 Å². The highest BCUT2D eigenvalue weighted by atomic mass is 16.4. The Kier molecular flexibility index (Phi) is 5.39. The van der Waals surface area contributed by atoms with Crippen molar-refractivity contribution in [1.29, 1.82) is 0 Å². The highest BCUT2D eigenvalue weighted by molar-refractivity contribution is 6.80. The van der Waals surface area contributed by atoms with Crippen molar-refractivity contribution >= 4 is 17.8 Å². The maximum atomic E-state index is 6.15. The van der Waals surface area contributed by atoms with Gasteiger partial charge in [0.25, 0.3) is 0 Å². The number of rotatable bonds is 6. The summed E-state index contributed by atoms with van der Waals surface area (Å²) in [6.07, 6.45) is 1.06. The number of aryl methyl sites for hydroxylation is 1. The molecule has 2 N–H and O–H groups in total. The molecule has 1 unspecified atom stereocenters. The second kappa shape index (κ2) is 7.27. The van der Waals surface area contributed by atoms with Gasteiger partial charge in [-0.2, -0.15) is 0 Å². The van der Waals surface area contributed by atoms with Crippen LogP contribution in [-0.2, 0) is 11.1 Å². The van der Waals surface area contributed by atoms with E-state index in [2.05, 4.69) is 43.3 Å². The molecule has 2 aromatic carbocycles. The Morgan fingerprint density at radius 2 is 1.75 bits per heavy atom. The van der Waals surface area contributed by atoms with E-state index in [4.69, 9.17) is 10.4 Å². The Morgan fingerprint density at radius 3 is 2.40 bits per heavy atom. The molecule has 0 aromatic heterocycles. The molecule has 0 aliphatic heterocycles. The van der Waals surface area contributed by atoms with Crippen molar-refractivity contribution in [3.63, 3.8) is 0 Å². The van der Waals surface area contributed by atoms with Crippen molar-refractivity contribution < 1.29 is 4.65 Å². The second-order valence-electron chi connectivity index (χ2n) is 5.07. The molecule has 0 heterocycles. The van der Waals surface area contributed by atoms with E-state index in [-0.39, 0.29) is 13.0 Å². The first-order chi connectivity index (χ1) is 9.74. The molecule has 0 radical (unpaired) electrons. The average Bonchev–Trinajstić information content (AvgIpc) is 2.53. The summed E-state index contributed by atoms with van der Waals surface area (Å²) in [5.74, 6) is 0. The first-order valence-corrected chi connectivity index (χ1v) is 7.24. The smallest absolute Gasteiger partial charge is 0.361 e. The number of hydrogen-bond acceptors (Lipinski definition) is 2. The highest BCUT2D eigenvalue weighted by Gasteiger charge is 2.23. The number of hydrogen-bond donors (Lipinski definition) is 1. The van der Waals surface area contributed by atoms with Gasteiger partial charge in [0.15, 0.2) is 0 Å². The topological polar surface area (TPSA) is 35.2 Å². The standard InChI is InChI=1S/C17H22BNO/c1-3-15-8-7-11-17(12-15)18(20-14(2)13-19)16-9-5-4-6-10-16/h4-12,14H,3,13,19H2,1-2H3. The van der Waals surface area contributed by atoms with E-state index in [0.717, 1.165) is 6.42 Å². The van der Waals surface area contributed by atoms with Gasteiger partial charge >= 0.3 is 6.92 Å². The summed E-state index contributed by atoms with van der Waals surface area (Å²) in [7, 11) is 0. The molecular weight excluding hydrogens is 245 g/mol. The van der Waals surface area contributed by atoms with Gasteiger partial charge in [-0.15, -0.1) is 0 Å². The quantitative estimate of drug-likeness (QED) is 0.809. The maximum Gasteiger partial charge on any atom is 0.361 e. The minimum atomic E-state index is -0.0544. The Balaban J connectivity index is 2.35. The third-order valence-electron chi connectivity index (χ3n) is 3.46. The van der Waals surface area contributed by atoms with Crippen LogP contribution in [0.4, 0.5) is 0 Å². The maximum absolute atomic E-state index is 6.15. The van der Waals surface area contributed by atoms with Crippen LogP contribution in [0.3, 0.4) is 0 Å². The molecule has 3 heteroatoms. The van der Waals surface area contributed by atoms with Crippen LogP contribution in [0.2, 0.25) is 0 Å². The van der Waals surface area contributed by atoms with E-state index in [1.54, 1.807) is 0 Å². The zero-order chi connectivity index (χ0) is 14.4. The van der Waals surface area contributed by atoms with E-state index in [1.807, 2.05) is 25.1 Å². The Bertz CT molecular complexity index is 530. The lowest BCUT2D eigenvalue weighted by molar-refractivity contribution is 0.240. The molecule has 0 aliphatic rings. The van der Waals surface area contributed by atoms with Crippen molar-refractivity contribution in [1.82, 2.24) is 0 Å².